The molecule has 1 aromatic heterocycles. The Bertz CT molecular complexity index is 508. The van der Waals surface area contributed by atoms with E-state index in [1.807, 2.05) is 26.0 Å². The number of carbonyl (C=O) groups is 1. The first-order valence-corrected chi connectivity index (χ1v) is 4.32. The van der Waals surface area contributed by atoms with Crippen molar-refractivity contribution in [2.45, 2.75) is 13.8 Å². The van der Waals surface area contributed by atoms with E-state index in [9.17, 15) is 4.79 Å². The predicted octanol–water partition coefficient (Wildman–Crippen LogP) is 2.75. The molecule has 1 heterocycles. The number of hydrogen-bond acceptors (Lipinski definition) is 2. The molecule has 0 aliphatic rings. The fourth-order valence-corrected chi connectivity index (χ4v) is 1.61. The number of benzene rings is 1. The van der Waals surface area contributed by atoms with Crippen LogP contribution in [0.15, 0.2) is 22.8 Å². The zero-order valence-electron chi connectivity index (χ0n) is 8.00. The lowest BCUT2D eigenvalue weighted by atomic mass is 10.0. The van der Waals surface area contributed by atoms with Gasteiger partial charge in [0.2, 0.25) is 0 Å². The van der Waals surface area contributed by atoms with Gasteiger partial charge in [0.05, 0.1) is 0 Å². The summed E-state index contributed by atoms with van der Waals surface area (Å²) in [6.45, 7) is 3.78. The Morgan fingerprint density at radius 1 is 1.29 bits per heavy atom. The first-order chi connectivity index (χ1) is 6.61. The van der Waals surface area contributed by atoms with Crippen LogP contribution in [0.3, 0.4) is 0 Å². The summed E-state index contributed by atoms with van der Waals surface area (Å²) in [5.74, 6) is -0.947. The van der Waals surface area contributed by atoms with Gasteiger partial charge >= 0.3 is 5.97 Å². The van der Waals surface area contributed by atoms with Gasteiger partial charge in [-0.25, -0.2) is 4.79 Å². The van der Waals surface area contributed by atoms with E-state index in [2.05, 4.69) is 0 Å². The molecule has 0 amide bonds. The van der Waals surface area contributed by atoms with Crippen molar-refractivity contribution in [3.63, 3.8) is 0 Å². The van der Waals surface area contributed by atoms with Gasteiger partial charge in [0, 0.05) is 5.39 Å². The Balaban J connectivity index is 2.90. The van der Waals surface area contributed by atoms with Crippen LogP contribution in [0.5, 0.6) is 0 Å². The Morgan fingerprint density at radius 3 is 2.57 bits per heavy atom. The number of aromatic carboxylic acids is 1. The average Bonchev–Trinajstić information content (AvgIpc) is 2.56. The van der Waals surface area contributed by atoms with Crippen molar-refractivity contribution >= 4 is 16.9 Å². The molecule has 0 aliphatic carbocycles. The molecule has 0 bridgehead atoms. The van der Waals surface area contributed by atoms with Gasteiger partial charge < -0.3 is 9.52 Å². The normalized spacial score (nSPS) is 10.7. The Kier molecular flexibility index (Phi) is 1.81. The summed E-state index contributed by atoms with van der Waals surface area (Å²) in [7, 11) is 0. The van der Waals surface area contributed by atoms with E-state index >= 15 is 0 Å². The van der Waals surface area contributed by atoms with Crippen LogP contribution in [0.1, 0.15) is 21.5 Å². The lowest BCUT2D eigenvalue weighted by Crippen LogP contribution is -1.94. The van der Waals surface area contributed by atoms with Gasteiger partial charge in [0.25, 0.3) is 0 Å². The van der Waals surface area contributed by atoms with Crippen LogP contribution in [-0.2, 0) is 0 Å². The molecule has 0 spiro atoms. The monoisotopic (exact) mass is 190 g/mol. The molecule has 3 heteroatoms. The molecule has 0 radical (unpaired) electrons. The summed E-state index contributed by atoms with van der Waals surface area (Å²) in [6.07, 6.45) is 1.30. The number of fused-ring (bicyclic) bond motifs is 1. The number of rotatable bonds is 1. The topological polar surface area (TPSA) is 50.4 Å². The molecule has 1 aromatic carbocycles. The van der Waals surface area contributed by atoms with E-state index in [1.165, 1.54) is 6.26 Å². The van der Waals surface area contributed by atoms with Gasteiger partial charge in [-0.2, -0.15) is 0 Å². The van der Waals surface area contributed by atoms with E-state index in [0.717, 1.165) is 11.1 Å². The van der Waals surface area contributed by atoms with E-state index in [1.54, 1.807) is 0 Å². The summed E-state index contributed by atoms with van der Waals surface area (Å²) >= 11 is 0. The largest absolute Gasteiger partial charge is 0.478 e. The Hall–Kier alpha value is -1.77. The zero-order chi connectivity index (χ0) is 10.3. The van der Waals surface area contributed by atoms with Gasteiger partial charge in [-0.3, -0.25) is 0 Å². The van der Waals surface area contributed by atoms with Crippen molar-refractivity contribution in [3.05, 3.63) is 35.1 Å². The number of hydrogen-bond donors (Lipinski definition) is 1. The van der Waals surface area contributed by atoms with Crippen molar-refractivity contribution in [2.24, 2.45) is 0 Å². The Morgan fingerprint density at radius 2 is 1.93 bits per heavy atom. The van der Waals surface area contributed by atoms with Crippen molar-refractivity contribution in [3.8, 4) is 0 Å². The fraction of sp³-hybridized carbons (Fsp3) is 0.182. The molecule has 0 unspecified atom stereocenters. The minimum atomic E-state index is -0.947. The maximum atomic E-state index is 10.9. The molecule has 0 atom stereocenters. The third-order valence-electron chi connectivity index (χ3n) is 2.36. The van der Waals surface area contributed by atoms with Crippen molar-refractivity contribution in [1.29, 1.82) is 0 Å². The predicted molar refractivity (Wildman–Crippen MR) is 52.6 cm³/mol. The highest BCUT2D eigenvalue weighted by molar-refractivity contribution is 6.04. The van der Waals surface area contributed by atoms with Gasteiger partial charge in [-0.05, 0) is 25.0 Å². The second kappa shape index (κ2) is 2.87. The molecule has 0 aliphatic heterocycles. The highest BCUT2D eigenvalue weighted by Crippen LogP contribution is 2.27. The zero-order valence-corrected chi connectivity index (χ0v) is 8.00. The molecule has 0 saturated heterocycles. The van der Waals surface area contributed by atoms with Crippen LogP contribution in [0.4, 0.5) is 0 Å². The first-order valence-electron chi connectivity index (χ1n) is 4.32. The van der Waals surface area contributed by atoms with Crippen LogP contribution in [0, 0.1) is 13.8 Å². The van der Waals surface area contributed by atoms with Crippen molar-refractivity contribution < 1.29 is 14.3 Å². The number of carboxylic acid groups (broad SMARTS) is 1. The molecule has 14 heavy (non-hydrogen) atoms. The second-order valence-corrected chi connectivity index (χ2v) is 3.36. The van der Waals surface area contributed by atoms with Gasteiger partial charge in [0.1, 0.15) is 17.4 Å². The lowest BCUT2D eigenvalue weighted by Gasteiger charge is -1.98. The molecule has 2 aromatic rings. The molecule has 72 valence electrons. The van der Waals surface area contributed by atoms with Crippen LogP contribution >= 0.6 is 0 Å². The minimum absolute atomic E-state index is 0.237. The third kappa shape index (κ3) is 1.09. The highest BCUT2D eigenvalue weighted by Gasteiger charge is 2.15. The molecule has 3 nitrogen and oxygen atoms in total. The maximum absolute atomic E-state index is 10.9. The van der Waals surface area contributed by atoms with Crippen molar-refractivity contribution in [1.82, 2.24) is 0 Å². The van der Waals surface area contributed by atoms with Crippen LogP contribution in [-0.4, -0.2) is 11.1 Å². The summed E-state index contributed by atoms with van der Waals surface area (Å²) in [6, 6.07) is 3.83. The SMILES string of the molecule is Cc1ccc(C)c2c(C(=O)O)coc12. The number of aryl methyl sites for hydroxylation is 2. The molecule has 1 N–H and O–H groups in total. The van der Waals surface area contributed by atoms with Crippen LogP contribution < -0.4 is 0 Å². The summed E-state index contributed by atoms with van der Waals surface area (Å²) in [4.78, 5) is 10.9. The van der Waals surface area contributed by atoms with E-state index in [-0.39, 0.29) is 5.56 Å². The standard InChI is InChI=1S/C11H10O3/c1-6-3-4-7(2)10-9(6)8(5-14-10)11(12)13/h3-5H,1-2H3,(H,12,13). The van der Waals surface area contributed by atoms with E-state index in [4.69, 9.17) is 9.52 Å². The average molecular weight is 190 g/mol. The number of furan rings is 1. The van der Waals surface area contributed by atoms with Crippen LogP contribution in [0.25, 0.3) is 11.0 Å². The van der Waals surface area contributed by atoms with Crippen LogP contribution in [0.2, 0.25) is 0 Å². The lowest BCUT2D eigenvalue weighted by molar-refractivity contribution is 0.0698. The van der Waals surface area contributed by atoms with Gasteiger partial charge in [-0.15, -0.1) is 0 Å². The number of carboxylic acids is 1. The quantitative estimate of drug-likeness (QED) is 0.752. The first kappa shape index (κ1) is 8.81. The smallest absolute Gasteiger partial charge is 0.339 e. The van der Waals surface area contributed by atoms with Crippen molar-refractivity contribution in [2.75, 3.05) is 0 Å². The summed E-state index contributed by atoms with van der Waals surface area (Å²) in [5.41, 5.74) is 2.79. The maximum Gasteiger partial charge on any atom is 0.339 e. The Labute approximate surface area is 81.0 Å². The van der Waals surface area contributed by atoms with Gasteiger partial charge in [0.15, 0.2) is 0 Å². The van der Waals surface area contributed by atoms with E-state index in [0.29, 0.717) is 11.0 Å². The molecule has 0 fully saturated rings. The molecular formula is C11H10O3. The highest BCUT2D eigenvalue weighted by atomic mass is 16.4. The third-order valence-corrected chi connectivity index (χ3v) is 2.36. The van der Waals surface area contributed by atoms with Gasteiger partial charge in [-0.1, -0.05) is 12.1 Å². The molecular weight excluding hydrogens is 180 g/mol. The fourth-order valence-electron chi connectivity index (χ4n) is 1.61. The van der Waals surface area contributed by atoms with E-state index < -0.39 is 5.97 Å². The molecule has 0 saturated carbocycles. The molecule has 2 rings (SSSR count). The summed E-state index contributed by atoms with van der Waals surface area (Å²) in [5, 5.41) is 9.63. The second-order valence-electron chi connectivity index (χ2n) is 3.36. The summed E-state index contributed by atoms with van der Waals surface area (Å²) < 4.78 is 5.24. The minimum Gasteiger partial charge on any atom is -0.478 e.